The van der Waals surface area contributed by atoms with E-state index < -0.39 is 6.09 Å². The van der Waals surface area contributed by atoms with Gasteiger partial charge in [-0.2, -0.15) is 0 Å². The van der Waals surface area contributed by atoms with Gasteiger partial charge in [0, 0.05) is 6.42 Å². The van der Waals surface area contributed by atoms with E-state index in [-0.39, 0.29) is 18.6 Å². The number of aryl methyl sites for hydroxylation is 1. The molecule has 2 aromatic rings. The van der Waals surface area contributed by atoms with Crippen LogP contribution in [0.25, 0.3) is 0 Å². The molecule has 0 spiro atoms. The summed E-state index contributed by atoms with van der Waals surface area (Å²) in [6.07, 6.45) is 3.17. The second-order valence-electron chi connectivity index (χ2n) is 6.38. The Morgan fingerprint density at radius 2 is 1.60 bits per heavy atom. The highest BCUT2D eigenvalue weighted by molar-refractivity contribution is 5.93. The molecule has 4 nitrogen and oxygen atoms in total. The van der Waals surface area contributed by atoms with Crippen LogP contribution in [-0.2, 0) is 22.4 Å². The first-order valence-corrected chi connectivity index (χ1v) is 8.80. The van der Waals surface area contributed by atoms with Crippen molar-refractivity contribution in [3.05, 3.63) is 71.8 Å². The van der Waals surface area contributed by atoms with Crippen LogP contribution in [0.5, 0.6) is 0 Å². The van der Waals surface area contributed by atoms with Crippen molar-refractivity contribution in [3.8, 4) is 0 Å². The number of hydrogen-bond acceptors (Lipinski definition) is 3. The Labute approximate surface area is 148 Å². The zero-order valence-corrected chi connectivity index (χ0v) is 14.3. The van der Waals surface area contributed by atoms with Crippen molar-refractivity contribution < 1.29 is 14.3 Å². The lowest BCUT2D eigenvalue weighted by molar-refractivity contribution is -0.129. The van der Waals surface area contributed by atoms with Crippen molar-refractivity contribution in [1.29, 1.82) is 0 Å². The van der Waals surface area contributed by atoms with Crippen LogP contribution < -0.4 is 0 Å². The maximum absolute atomic E-state index is 12.5. The first-order chi connectivity index (χ1) is 12.2. The quantitative estimate of drug-likeness (QED) is 0.718. The van der Waals surface area contributed by atoms with Crippen molar-refractivity contribution in [1.82, 2.24) is 4.90 Å². The van der Waals surface area contributed by atoms with Gasteiger partial charge in [0.25, 0.3) is 0 Å². The minimum Gasteiger partial charge on any atom is -0.447 e. The number of carbonyl (C=O) groups is 2. The van der Waals surface area contributed by atoms with Gasteiger partial charge in [-0.15, -0.1) is 0 Å². The van der Waals surface area contributed by atoms with Crippen LogP contribution in [0, 0.1) is 0 Å². The maximum atomic E-state index is 12.5. The molecule has 0 N–H and O–H groups in total. The molecular formula is C21H23NO3. The van der Waals surface area contributed by atoms with Crippen LogP contribution in [0.2, 0.25) is 0 Å². The van der Waals surface area contributed by atoms with Crippen molar-refractivity contribution in [3.63, 3.8) is 0 Å². The van der Waals surface area contributed by atoms with E-state index in [1.165, 1.54) is 10.5 Å². The van der Waals surface area contributed by atoms with Crippen molar-refractivity contribution in [2.45, 2.75) is 38.1 Å². The number of benzene rings is 2. The highest BCUT2D eigenvalue weighted by Gasteiger charge is 2.37. The smallest absolute Gasteiger partial charge is 0.416 e. The number of ether oxygens (including phenoxy) is 1. The van der Waals surface area contributed by atoms with Gasteiger partial charge in [0.1, 0.15) is 6.61 Å². The van der Waals surface area contributed by atoms with E-state index >= 15 is 0 Å². The van der Waals surface area contributed by atoms with Crippen LogP contribution >= 0.6 is 0 Å². The summed E-state index contributed by atoms with van der Waals surface area (Å²) < 4.78 is 5.11. The lowest BCUT2D eigenvalue weighted by atomic mass is 10.0. The molecule has 1 aliphatic heterocycles. The first-order valence-electron chi connectivity index (χ1n) is 8.80. The largest absolute Gasteiger partial charge is 0.447 e. The standard InChI is InChI=1S/C21H23NO3/c23-20(14-8-7-11-17-9-3-1-4-10-17)22-19(16-25-21(22)24)15-18-12-5-2-6-13-18/h1-6,9-10,12-13,19H,7-8,11,14-16H2/t19-/m0/s1. The molecule has 0 unspecified atom stereocenters. The molecule has 1 atom stereocenters. The molecule has 4 heteroatoms. The van der Waals surface area contributed by atoms with E-state index in [9.17, 15) is 9.59 Å². The molecule has 0 aliphatic carbocycles. The summed E-state index contributed by atoms with van der Waals surface area (Å²) in [5, 5.41) is 0. The molecule has 1 heterocycles. The molecule has 1 saturated heterocycles. The normalized spacial score (nSPS) is 16.7. The minimum atomic E-state index is -0.506. The van der Waals surface area contributed by atoms with E-state index in [4.69, 9.17) is 4.74 Å². The first kappa shape index (κ1) is 17.2. The third-order valence-corrected chi connectivity index (χ3v) is 4.49. The van der Waals surface area contributed by atoms with Crippen molar-refractivity contribution in [2.75, 3.05) is 6.61 Å². The van der Waals surface area contributed by atoms with E-state index in [1.807, 2.05) is 48.5 Å². The third-order valence-electron chi connectivity index (χ3n) is 4.49. The molecule has 130 valence electrons. The highest BCUT2D eigenvalue weighted by atomic mass is 16.6. The van der Waals surface area contributed by atoms with Crippen molar-refractivity contribution in [2.24, 2.45) is 0 Å². The number of amides is 2. The molecule has 2 amide bonds. The average molecular weight is 337 g/mol. The average Bonchev–Trinajstić information content (AvgIpc) is 3.00. The Hall–Kier alpha value is -2.62. The van der Waals surface area contributed by atoms with Gasteiger partial charge in [0.05, 0.1) is 6.04 Å². The maximum Gasteiger partial charge on any atom is 0.416 e. The fourth-order valence-corrected chi connectivity index (χ4v) is 3.17. The van der Waals surface area contributed by atoms with Crippen LogP contribution in [0.15, 0.2) is 60.7 Å². The summed E-state index contributed by atoms with van der Waals surface area (Å²) in [5.74, 6) is -0.128. The third kappa shape index (κ3) is 4.69. The lowest BCUT2D eigenvalue weighted by Crippen LogP contribution is -2.40. The predicted octanol–water partition coefficient (Wildman–Crippen LogP) is 3.99. The Kier molecular flexibility index (Phi) is 5.83. The summed E-state index contributed by atoms with van der Waals surface area (Å²) in [6, 6.07) is 19.9. The van der Waals surface area contributed by atoms with E-state index in [0.29, 0.717) is 12.8 Å². The topological polar surface area (TPSA) is 46.6 Å². The number of nitrogens with zero attached hydrogens (tertiary/aromatic N) is 1. The number of imide groups is 1. The van der Waals surface area contributed by atoms with E-state index in [2.05, 4.69) is 12.1 Å². The Morgan fingerprint density at radius 1 is 0.960 bits per heavy atom. The van der Waals surface area contributed by atoms with Crippen molar-refractivity contribution >= 4 is 12.0 Å². The van der Waals surface area contributed by atoms with Crippen LogP contribution in [-0.4, -0.2) is 29.5 Å². The molecule has 1 aliphatic rings. The summed E-state index contributed by atoms with van der Waals surface area (Å²) in [6.45, 7) is 0.281. The number of carbonyl (C=O) groups excluding carboxylic acids is 2. The van der Waals surface area contributed by atoms with Gasteiger partial charge in [-0.3, -0.25) is 4.79 Å². The molecule has 1 fully saturated rings. The van der Waals surface area contributed by atoms with Gasteiger partial charge in [-0.25, -0.2) is 9.69 Å². The van der Waals surface area contributed by atoms with Crippen LogP contribution in [0.3, 0.4) is 0 Å². The predicted molar refractivity (Wildman–Crippen MR) is 96.1 cm³/mol. The fourth-order valence-electron chi connectivity index (χ4n) is 3.17. The van der Waals surface area contributed by atoms with Gasteiger partial charge in [0.15, 0.2) is 0 Å². The second-order valence-corrected chi connectivity index (χ2v) is 6.38. The molecule has 0 aromatic heterocycles. The van der Waals surface area contributed by atoms with Crippen LogP contribution in [0.4, 0.5) is 4.79 Å². The molecule has 0 radical (unpaired) electrons. The Bertz CT molecular complexity index is 700. The zero-order valence-electron chi connectivity index (χ0n) is 14.3. The van der Waals surface area contributed by atoms with Gasteiger partial charge in [-0.05, 0) is 36.8 Å². The van der Waals surface area contributed by atoms with E-state index in [0.717, 1.165) is 24.8 Å². The Balaban J connectivity index is 1.49. The summed E-state index contributed by atoms with van der Waals surface area (Å²) in [4.78, 5) is 25.8. The molecule has 0 saturated carbocycles. The molecule has 2 aromatic carbocycles. The summed E-state index contributed by atoms with van der Waals surface area (Å²) in [7, 11) is 0. The molecular weight excluding hydrogens is 314 g/mol. The minimum absolute atomic E-state index is 0.128. The summed E-state index contributed by atoms with van der Waals surface area (Å²) >= 11 is 0. The molecule has 3 rings (SSSR count). The SMILES string of the molecule is O=C(CCCCc1ccccc1)N1C(=O)OC[C@@H]1Cc1ccccc1. The lowest BCUT2D eigenvalue weighted by Gasteiger charge is -2.19. The summed E-state index contributed by atoms with van der Waals surface area (Å²) in [5.41, 5.74) is 2.38. The monoisotopic (exact) mass is 337 g/mol. The molecule has 0 bridgehead atoms. The van der Waals surface area contributed by atoms with Gasteiger partial charge >= 0.3 is 6.09 Å². The fraction of sp³-hybridized carbons (Fsp3) is 0.333. The van der Waals surface area contributed by atoms with Gasteiger partial charge in [-0.1, -0.05) is 60.7 Å². The highest BCUT2D eigenvalue weighted by Crippen LogP contribution is 2.19. The molecule has 25 heavy (non-hydrogen) atoms. The number of cyclic esters (lactones) is 1. The van der Waals surface area contributed by atoms with Gasteiger partial charge < -0.3 is 4.74 Å². The van der Waals surface area contributed by atoms with Crippen LogP contribution in [0.1, 0.15) is 30.4 Å². The van der Waals surface area contributed by atoms with E-state index in [1.54, 1.807) is 0 Å². The number of rotatable bonds is 7. The number of unbranched alkanes of at least 4 members (excludes halogenated alkanes) is 1. The number of hydrogen-bond donors (Lipinski definition) is 0. The Morgan fingerprint density at radius 3 is 2.28 bits per heavy atom. The second kappa shape index (κ2) is 8.47. The van der Waals surface area contributed by atoms with Gasteiger partial charge in [0.2, 0.25) is 5.91 Å². The zero-order chi connectivity index (χ0) is 17.5.